The molecule has 2 heteroatoms. The van der Waals surface area contributed by atoms with Crippen molar-refractivity contribution in [1.82, 2.24) is 0 Å². The summed E-state index contributed by atoms with van der Waals surface area (Å²) in [5, 5.41) is 0. The number of ether oxygens (including phenoxy) is 1. The molecule has 2 fully saturated rings. The van der Waals surface area contributed by atoms with Gasteiger partial charge in [0.05, 0.1) is 6.61 Å². The van der Waals surface area contributed by atoms with Gasteiger partial charge in [-0.3, -0.25) is 4.79 Å². The van der Waals surface area contributed by atoms with Gasteiger partial charge >= 0.3 is 0 Å². The molecule has 3 atom stereocenters. The minimum atomic E-state index is 0.325. The Morgan fingerprint density at radius 3 is 2.94 bits per heavy atom. The van der Waals surface area contributed by atoms with Crippen molar-refractivity contribution in [2.75, 3.05) is 13.2 Å². The molecule has 0 spiro atoms. The first-order chi connectivity index (χ1) is 7.81. The van der Waals surface area contributed by atoms with Gasteiger partial charge in [0.25, 0.3) is 0 Å². The molecule has 2 nitrogen and oxygen atoms in total. The van der Waals surface area contributed by atoms with E-state index < -0.39 is 0 Å². The molecule has 0 bridgehead atoms. The zero-order valence-corrected chi connectivity index (χ0v) is 10.4. The molecule has 0 N–H and O–H groups in total. The minimum absolute atomic E-state index is 0.325. The maximum atomic E-state index is 12.0. The van der Waals surface area contributed by atoms with E-state index in [1.165, 1.54) is 19.3 Å². The van der Waals surface area contributed by atoms with E-state index >= 15 is 0 Å². The van der Waals surface area contributed by atoms with Crippen molar-refractivity contribution in [3.05, 3.63) is 0 Å². The Bertz CT molecular complexity index is 231. The molecule has 0 aromatic rings. The lowest BCUT2D eigenvalue weighted by molar-refractivity contribution is -0.130. The predicted molar refractivity (Wildman–Crippen MR) is 64.3 cm³/mol. The summed E-state index contributed by atoms with van der Waals surface area (Å²) in [7, 11) is 0. The van der Waals surface area contributed by atoms with E-state index in [1.54, 1.807) is 0 Å². The highest BCUT2D eigenvalue weighted by Crippen LogP contribution is 2.36. The summed E-state index contributed by atoms with van der Waals surface area (Å²) in [6.07, 6.45) is 8.01. The average Bonchev–Trinajstić information content (AvgIpc) is 2.33. The number of carbonyl (C=O) groups is 1. The van der Waals surface area contributed by atoms with Gasteiger partial charge in [-0.25, -0.2) is 0 Å². The molecule has 1 heterocycles. The summed E-state index contributed by atoms with van der Waals surface area (Å²) in [6, 6.07) is 0. The second-order valence-corrected chi connectivity index (χ2v) is 5.48. The number of hydrogen-bond donors (Lipinski definition) is 0. The molecular weight excluding hydrogens is 200 g/mol. The molecule has 0 amide bonds. The van der Waals surface area contributed by atoms with Crippen LogP contribution in [0.5, 0.6) is 0 Å². The van der Waals surface area contributed by atoms with Crippen LogP contribution in [0.3, 0.4) is 0 Å². The van der Waals surface area contributed by atoms with E-state index in [1.807, 2.05) is 0 Å². The lowest BCUT2D eigenvalue weighted by Crippen LogP contribution is -2.35. The maximum absolute atomic E-state index is 12.0. The van der Waals surface area contributed by atoms with Gasteiger partial charge < -0.3 is 4.74 Å². The molecule has 1 saturated carbocycles. The van der Waals surface area contributed by atoms with Crippen molar-refractivity contribution >= 4 is 5.78 Å². The molecule has 16 heavy (non-hydrogen) atoms. The summed E-state index contributed by atoms with van der Waals surface area (Å²) in [5.74, 6) is 2.17. The van der Waals surface area contributed by atoms with Crippen LogP contribution in [0.2, 0.25) is 0 Å². The topological polar surface area (TPSA) is 26.3 Å². The minimum Gasteiger partial charge on any atom is -0.381 e. The summed E-state index contributed by atoms with van der Waals surface area (Å²) >= 11 is 0. The Morgan fingerprint density at radius 1 is 1.38 bits per heavy atom. The van der Waals surface area contributed by atoms with Crippen molar-refractivity contribution in [3.63, 3.8) is 0 Å². The van der Waals surface area contributed by atoms with Crippen molar-refractivity contribution in [2.24, 2.45) is 17.8 Å². The van der Waals surface area contributed by atoms with Crippen LogP contribution in [-0.4, -0.2) is 19.0 Å². The highest BCUT2D eigenvalue weighted by molar-refractivity contribution is 5.82. The molecule has 2 rings (SSSR count). The number of Topliss-reactive ketones (excluding diaryl/α,β-unsaturated/α-hetero) is 1. The molecule has 0 aromatic heterocycles. The maximum Gasteiger partial charge on any atom is 0.136 e. The van der Waals surface area contributed by atoms with E-state index in [0.29, 0.717) is 17.6 Å². The molecular formula is C14H24O2. The van der Waals surface area contributed by atoms with Crippen molar-refractivity contribution in [3.8, 4) is 0 Å². The number of ketones is 1. The van der Waals surface area contributed by atoms with Crippen molar-refractivity contribution < 1.29 is 9.53 Å². The first-order valence-electron chi connectivity index (χ1n) is 6.91. The Morgan fingerprint density at radius 2 is 2.25 bits per heavy atom. The van der Waals surface area contributed by atoms with Gasteiger partial charge in [0, 0.05) is 18.9 Å². The lowest BCUT2D eigenvalue weighted by atomic mass is 9.72. The van der Waals surface area contributed by atoms with Crippen LogP contribution in [0.15, 0.2) is 0 Å². The van der Waals surface area contributed by atoms with Crippen LogP contribution in [0.1, 0.15) is 51.9 Å². The zero-order valence-electron chi connectivity index (χ0n) is 10.4. The van der Waals surface area contributed by atoms with E-state index in [9.17, 15) is 4.79 Å². The predicted octanol–water partition coefficient (Wildman–Crippen LogP) is 3.20. The van der Waals surface area contributed by atoms with Crippen LogP contribution in [-0.2, 0) is 9.53 Å². The zero-order chi connectivity index (χ0) is 11.4. The Balaban J connectivity index is 1.91. The van der Waals surface area contributed by atoms with Crippen LogP contribution in [0.25, 0.3) is 0 Å². The summed E-state index contributed by atoms with van der Waals surface area (Å²) in [6.45, 7) is 3.97. The van der Waals surface area contributed by atoms with Crippen LogP contribution in [0.4, 0.5) is 0 Å². The molecule has 92 valence electrons. The summed E-state index contributed by atoms with van der Waals surface area (Å²) in [5.41, 5.74) is 0. The van der Waals surface area contributed by atoms with Crippen LogP contribution >= 0.6 is 0 Å². The van der Waals surface area contributed by atoms with Gasteiger partial charge in [-0.2, -0.15) is 0 Å². The molecule has 3 unspecified atom stereocenters. The Labute approximate surface area is 98.7 Å². The van der Waals surface area contributed by atoms with Crippen molar-refractivity contribution in [2.45, 2.75) is 51.9 Å². The third kappa shape index (κ3) is 2.85. The summed E-state index contributed by atoms with van der Waals surface area (Å²) < 4.78 is 5.53. The van der Waals surface area contributed by atoms with Gasteiger partial charge in [0.15, 0.2) is 0 Å². The SMILES string of the molecule is CCCC1CCC(=O)C(C2CCCOC2)C1. The smallest absolute Gasteiger partial charge is 0.136 e. The molecule has 0 aromatic carbocycles. The number of rotatable bonds is 3. The Kier molecular flexibility index (Phi) is 4.39. The first kappa shape index (κ1) is 12.1. The highest BCUT2D eigenvalue weighted by Gasteiger charge is 2.34. The standard InChI is InChI=1S/C14H24O2/c1-2-4-11-6-7-14(15)13(9-11)12-5-3-8-16-10-12/h11-13H,2-10H2,1H3. The normalized spacial score (nSPS) is 36.3. The lowest BCUT2D eigenvalue weighted by Gasteiger charge is -2.35. The van der Waals surface area contributed by atoms with Gasteiger partial charge in [-0.1, -0.05) is 19.8 Å². The average molecular weight is 224 g/mol. The second-order valence-electron chi connectivity index (χ2n) is 5.48. The molecule has 2 aliphatic rings. The van der Waals surface area contributed by atoms with E-state index in [-0.39, 0.29) is 0 Å². The second kappa shape index (κ2) is 5.81. The fourth-order valence-corrected chi connectivity index (χ4v) is 3.35. The molecule has 1 aliphatic carbocycles. The monoisotopic (exact) mass is 224 g/mol. The van der Waals surface area contributed by atoms with Gasteiger partial charge in [-0.05, 0) is 37.5 Å². The largest absolute Gasteiger partial charge is 0.381 e. The van der Waals surface area contributed by atoms with Crippen LogP contribution < -0.4 is 0 Å². The van der Waals surface area contributed by atoms with E-state index in [4.69, 9.17) is 4.74 Å². The van der Waals surface area contributed by atoms with Gasteiger partial charge in [0.1, 0.15) is 5.78 Å². The summed E-state index contributed by atoms with van der Waals surface area (Å²) in [4.78, 5) is 12.0. The van der Waals surface area contributed by atoms with Gasteiger partial charge in [0.2, 0.25) is 0 Å². The fraction of sp³-hybridized carbons (Fsp3) is 0.929. The third-order valence-corrected chi connectivity index (χ3v) is 4.26. The fourth-order valence-electron chi connectivity index (χ4n) is 3.35. The van der Waals surface area contributed by atoms with E-state index in [2.05, 4.69) is 6.92 Å². The highest BCUT2D eigenvalue weighted by atomic mass is 16.5. The third-order valence-electron chi connectivity index (χ3n) is 4.26. The quantitative estimate of drug-likeness (QED) is 0.736. The van der Waals surface area contributed by atoms with E-state index in [0.717, 1.165) is 44.8 Å². The van der Waals surface area contributed by atoms with Gasteiger partial charge in [-0.15, -0.1) is 0 Å². The molecule has 1 aliphatic heterocycles. The first-order valence-corrected chi connectivity index (χ1v) is 6.91. The van der Waals surface area contributed by atoms with Crippen LogP contribution in [0, 0.1) is 17.8 Å². The Hall–Kier alpha value is -0.370. The van der Waals surface area contributed by atoms with Crippen molar-refractivity contribution in [1.29, 1.82) is 0 Å². The molecule has 1 saturated heterocycles. The number of hydrogen-bond acceptors (Lipinski definition) is 2. The molecule has 0 radical (unpaired) electrons. The number of carbonyl (C=O) groups excluding carboxylic acids is 1.